The van der Waals surface area contributed by atoms with E-state index in [1.54, 1.807) is 21.8 Å². The standard InChI is InChI=1S/C13H21B3O4/c1-11(2)12(3,4)20-16(19-11)9-7-5-6-8-10(9)18-13(14,15)17/h5-8,17H,14-15H2,1-4H3. The topological polar surface area (TPSA) is 47.9 Å². The zero-order valence-corrected chi connectivity index (χ0v) is 13.1. The molecule has 4 nitrogen and oxygen atoms in total. The second-order valence-electron chi connectivity index (χ2n) is 6.67. The lowest BCUT2D eigenvalue weighted by Gasteiger charge is -2.32. The van der Waals surface area contributed by atoms with Crippen molar-refractivity contribution in [3.8, 4) is 5.75 Å². The van der Waals surface area contributed by atoms with Crippen LogP contribution in [-0.4, -0.2) is 44.7 Å². The van der Waals surface area contributed by atoms with Gasteiger partial charge in [-0.1, -0.05) is 18.2 Å². The van der Waals surface area contributed by atoms with Crippen molar-refractivity contribution >= 4 is 28.3 Å². The van der Waals surface area contributed by atoms with Gasteiger partial charge in [-0.3, -0.25) is 0 Å². The highest BCUT2D eigenvalue weighted by molar-refractivity contribution is 6.63. The second kappa shape index (κ2) is 4.83. The highest BCUT2D eigenvalue weighted by atomic mass is 16.7. The number of hydrogen-bond donors (Lipinski definition) is 1. The van der Waals surface area contributed by atoms with E-state index in [4.69, 9.17) is 14.0 Å². The predicted molar refractivity (Wildman–Crippen MR) is 84.8 cm³/mol. The largest absolute Gasteiger partial charge is 0.498 e. The number of benzene rings is 1. The fourth-order valence-electron chi connectivity index (χ4n) is 2.01. The quantitative estimate of drug-likeness (QED) is 0.581. The molecule has 20 heavy (non-hydrogen) atoms. The summed E-state index contributed by atoms with van der Waals surface area (Å²) in [7, 11) is 2.68. The fraction of sp³-hybridized carbons (Fsp3) is 0.538. The van der Waals surface area contributed by atoms with Crippen molar-refractivity contribution in [1.82, 2.24) is 0 Å². The van der Waals surface area contributed by atoms with Crippen LogP contribution in [0.4, 0.5) is 0 Å². The highest BCUT2D eigenvalue weighted by Gasteiger charge is 2.52. The molecule has 0 radical (unpaired) electrons. The zero-order valence-electron chi connectivity index (χ0n) is 13.1. The van der Waals surface area contributed by atoms with Crippen LogP contribution in [0.2, 0.25) is 0 Å². The highest BCUT2D eigenvalue weighted by Crippen LogP contribution is 2.37. The maximum Gasteiger partial charge on any atom is 0.498 e. The second-order valence-corrected chi connectivity index (χ2v) is 6.67. The first-order valence-electron chi connectivity index (χ1n) is 6.88. The first-order chi connectivity index (χ1) is 9.02. The van der Waals surface area contributed by atoms with Gasteiger partial charge in [-0.15, -0.1) is 0 Å². The summed E-state index contributed by atoms with van der Waals surface area (Å²) in [6, 6.07) is 7.45. The van der Waals surface area contributed by atoms with Gasteiger partial charge in [0.25, 0.3) is 0 Å². The van der Waals surface area contributed by atoms with Gasteiger partial charge < -0.3 is 19.2 Å². The Hall–Kier alpha value is -0.905. The van der Waals surface area contributed by atoms with Crippen LogP contribution in [0.3, 0.4) is 0 Å². The van der Waals surface area contributed by atoms with E-state index in [9.17, 15) is 5.11 Å². The van der Waals surface area contributed by atoms with E-state index < -0.39 is 23.9 Å². The molecule has 1 aliphatic rings. The van der Waals surface area contributed by atoms with Gasteiger partial charge in [-0.25, -0.2) is 0 Å². The number of aliphatic hydroxyl groups is 1. The van der Waals surface area contributed by atoms with Crippen molar-refractivity contribution in [2.75, 3.05) is 0 Å². The Labute approximate surface area is 122 Å². The van der Waals surface area contributed by atoms with Gasteiger partial charge in [0.1, 0.15) is 11.3 Å². The van der Waals surface area contributed by atoms with Crippen molar-refractivity contribution in [3.63, 3.8) is 0 Å². The predicted octanol–water partition coefficient (Wildman–Crippen LogP) is -0.766. The molecule has 1 aromatic rings. The van der Waals surface area contributed by atoms with E-state index in [2.05, 4.69) is 0 Å². The van der Waals surface area contributed by atoms with Crippen LogP contribution in [0.5, 0.6) is 5.75 Å². The van der Waals surface area contributed by atoms with Crippen molar-refractivity contribution in [3.05, 3.63) is 24.3 Å². The van der Waals surface area contributed by atoms with E-state index in [1.165, 1.54) is 0 Å². The fourth-order valence-corrected chi connectivity index (χ4v) is 2.01. The van der Waals surface area contributed by atoms with Gasteiger partial charge in [0.2, 0.25) is 0 Å². The van der Waals surface area contributed by atoms with Crippen LogP contribution in [-0.2, 0) is 9.31 Å². The van der Waals surface area contributed by atoms with E-state index in [0.29, 0.717) is 5.75 Å². The molecule has 1 aliphatic heterocycles. The first kappa shape index (κ1) is 15.5. The first-order valence-corrected chi connectivity index (χ1v) is 6.88. The summed E-state index contributed by atoms with van der Waals surface area (Å²) in [6.07, 6.45) is 0. The number of ether oxygens (including phenoxy) is 1. The molecule has 0 aromatic heterocycles. The molecule has 0 amide bonds. The Kier molecular flexibility index (Phi) is 3.74. The molecule has 2 rings (SSSR count). The van der Waals surface area contributed by atoms with Crippen LogP contribution in [0.25, 0.3) is 0 Å². The molecule has 1 aromatic carbocycles. The Morgan fingerprint density at radius 3 is 2.10 bits per heavy atom. The summed E-state index contributed by atoms with van der Waals surface area (Å²) >= 11 is 0. The molecule has 0 bridgehead atoms. The molecule has 0 atom stereocenters. The summed E-state index contributed by atoms with van der Waals surface area (Å²) in [5, 5.41) is 9.84. The molecule has 1 fully saturated rings. The lowest BCUT2D eigenvalue weighted by molar-refractivity contribution is 0.00578. The van der Waals surface area contributed by atoms with E-state index in [-0.39, 0.29) is 0 Å². The summed E-state index contributed by atoms with van der Waals surface area (Å²) < 4.78 is 17.6. The minimum atomic E-state index is -1.25. The van der Waals surface area contributed by atoms with Gasteiger partial charge in [0, 0.05) is 5.46 Å². The Bertz CT molecular complexity index is 481. The molecule has 0 unspecified atom stereocenters. The molecule has 7 heteroatoms. The monoisotopic (exact) mass is 274 g/mol. The maximum absolute atomic E-state index is 9.84. The van der Waals surface area contributed by atoms with Crippen molar-refractivity contribution in [1.29, 1.82) is 0 Å². The maximum atomic E-state index is 9.84. The number of rotatable bonds is 3. The van der Waals surface area contributed by atoms with Gasteiger partial charge in [-0.05, 0) is 33.8 Å². The third kappa shape index (κ3) is 3.05. The third-order valence-electron chi connectivity index (χ3n) is 3.79. The van der Waals surface area contributed by atoms with Crippen LogP contribution >= 0.6 is 0 Å². The third-order valence-corrected chi connectivity index (χ3v) is 3.79. The van der Waals surface area contributed by atoms with Crippen molar-refractivity contribution in [2.45, 2.75) is 44.5 Å². The molecule has 0 spiro atoms. The minimum absolute atomic E-state index is 0.403. The molecule has 0 aliphatic carbocycles. The molecular weight excluding hydrogens is 253 g/mol. The number of para-hydroxylation sites is 1. The molecule has 106 valence electrons. The summed E-state index contributed by atoms with van der Waals surface area (Å²) in [5.41, 5.74) is -1.27. The SMILES string of the molecule is BC(B)(O)Oc1ccccc1B1OC(C)(C)C(C)(C)O1. The number of hydrogen-bond acceptors (Lipinski definition) is 4. The molecule has 0 saturated carbocycles. The Morgan fingerprint density at radius 1 is 1.10 bits per heavy atom. The molecular formula is C13H21B3O4. The lowest BCUT2D eigenvalue weighted by Crippen LogP contribution is -2.41. The van der Waals surface area contributed by atoms with Crippen LogP contribution in [0.1, 0.15) is 27.7 Å². The van der Waals surface area contributed by atoms with E-state index in [1.807, 2.05) is 45.9 Å². The molecule has 1 heterocycles. The van der Waals surface area contributed by atoms with Gasteiger partial charge in [0.15, 0.2) is 15.7 Å². The molecule has 1 saturated heterocycles. The zero-order chi connectivity index (χ0) is 15.2. The minimum Gasteiger partial charge on any atom is -0.481 e. The van der Waals surface area contributed by atoms with Crippen LogP contribution < -0.4 is 10.2 Å². The van der Waals surface area contributed by atoms with Crippen LogP contribution in [0, 0.1) is 0 Å². The van der Waals surface area contributed by atoms with Crippen molar-refractivity contribution in [2.24, 2.45) is 0 Å². The smallest absolute Gasteiger partial charge is 0.481 e. The van der Waals surface area contributed by atoms with E-state index >= 15 is 0 Å². The van der Waals surface area contributed by atoms with Crippen molar-refractivity contribution < 1.29 is 19.2 Å². The van der Waals surface area contributed by atoms with Gasteiger partial charge in [0.05, 0.1) is 11.2 Å². The Morgan fingerprint density at radius 2 is 1.60 bits per heavy atom. The lowest BCUT2D eigenvalue weighted by atomic mass is 9.75. The summed E-state index contributed by atoms with van der Waals surface area (Å²) in [4.78, 5) is 0. The average molecular weight is 274 g/mol. The van der Waals surface area contributed by atoms with Gasteiger partial charge >= 0.3 is 7.12 Å². The Balaban J connectivity index is 2.31. The van der Waals surface area contributed by atoms with Crippen LogP contribution in [0.15, 0.2) is 24.3 Å². The van der Waals surface area contributed by atoms with E-state index in [0.717, 1.165) is 5.46 Å². The normalized spacial score (nSPS) is 20.9. The average Bonchev–Trinajstić information content (AvgIpc) is 2.46. The summed E-state index contributed by atoms with van der Waals surface area (Å²) in [6.45, 7) is 8.03. The molecule has 1 N–H and O–H groups in total. The summed E-state index contributed by atoms with van der Waals surface area (Å²) in [5.74, 6) is 0.568. The van der Waals surface area contributed by atoms with Gasteiger partial charge in [-0.2, -0.15) is 0 Å².